The minimum absolute atomic E-state index is 0.150. The van der Waals surface area contributed by atoms with Crippen LogP contribution in [0.1, 0.15) is 52.4 Å². The van der Waals surface area contributed by atoms with Gasteiger partial charge in [0.05, 0.1) is 0 Å². The molecule has 0 heterocycles. The summed E-state index contributed by atoms with van der Waals surface area (Å²) in [6, 6.07) is 0.191. The summed E-state index contributed by atoms with van der Waals surface area (Å²) >= 11 is 0. The number of hydrogen-bond donors (Lipinski definition) is 2. The van der Waals surface area contributed by atoms with Gasteiger partial charge in [0.15, 0.2) is 0 Å². The van der Waals surface area contributed by atoms with Crippen LogP contribution in [0, 0.1) is 5.92 Å². The summed E-state index contributed by atoms with van der Waals surface area (Å²) in [5.74, 6) is 0.747. The lowest BCUT2D eigenvalue weighted by molar-refractivity contribution is -0.122. The van der Waals surface area contributed by atoms with Crippen LogP contribution >= 0.6 is 0 Å². The molecular weight excluding hydrogens is 228 g/mol. The molecule has 3 N–H and O–H groups in total. The Kier molecular flexibility index (Phi) is 11.1. The average molecular weight is 258 g/mol. The maximum atomic E-state index is 11.7. The van der Waals surface area contributed by atoms with Gasteiger partial charge in [-0.2, -0.15) is 0 Å². The second-order valence-corrected chi connectivity index (χ2v) is 5.02. The Morgan fingerprint density at radius 1 is 1.28 bits per heavy atom. The van der Waals surface area contributed by atoms with Crippen molar-refractivity contribution in [2.24, 2.45) is 11.7 Å². The highest BCUT2D eigenvalue weighted by Crippen LogP contribution is 2.16. The van der Waals surface area contributed by atoms with Gasteiger partial charge in [0.2, 0.25) is 5.91 Å². The molecule has 108 valence electrons. The van der Waals surface area contributed by atoms with Crippen molar-refractivity contribution in [1.82, 2.24) is 5.32 Å². The first kappa shape index (κ1) is 17.4. The minimum atomic E-state index is 0.150. The van der Waals surface area contributed by atoms with Crippen molar-refractivity contribution in [1.29, 1.82) is 0 Å². The fourth-order valence-corrected chi connectivity index (χ4v) is 2.13. The molecule has 1 amide bonds. The van der Waals surface area contributed by atoms with E-state index >= 15 is 0 Å². The Bertz CT molecular complexity index is 204. The van der Waals surface area contributed by atoms with Gasteiger partial charge >= 0.3 is 0 Å². The van der Waals surface area contributed by atoms with Crippen LogP contribution in [-0.4, -0.2) is 32.2 Å². The lowest BCUT2D eigenvalue weighted by Crippen LogP contribution is -2.33. The highest BCUT2D eigenvalue weighted by Gasteiger charge is 2.11. The van der Waals surface area contributed by atoms with E-state index in [0.717, 1.165) is 32.2 Å². The molecule has 0 aromatic heterocycles. The molecule has 2 atom stereocenters. The fourth-order valence-electron chi connectivity index (χ4n) is 2.13. The zero-order valence-corrected chi connectivity index (χ0v) is 12.2. The first-order valence-corrected chi connectivity index (χ1v) is 7.12. The van der Waals surface area contributed by atoms with E-state index in [9.17, 15) is 4.79 Å². The molecule has 0 spiro atoms. The standard InChI is InChI=1S/C14H30N2O2/c1-4-5-13(8-10-15)6-7-14(17)16-12(2)9-11-18-3/h12-13H,4-11,15H2,1-3H3,(H,16,17). The number of amides is 1. The highest BCUT2D eigenvalue weighted by molar-refractivity contribution is 5.76. The molecule has 0 aliphatic carbocycles. The summed E-state index contributed by atoms with van der Waals surface area (Å²) in [7, 11) is 1.68. The van der Waals surface area contributed by atoms with Crippen LogP contribution in [0.3, 0.4) is 0 Å². The number of carbonyl (C=O) groups excluding carboxylic acids is 1. The largest absolute Gasteiger partial charge is 0.385 e. The predicted molar refractivity (Wildman–Crippen MR) is 75.4 cm³/mol. The summed E-state index contributed by atoms with van der Waals surface area (Å²) in [5, 5.41) is 3.00. The van der Waals surface area contributed by atoms with Crippen molar-refractivity contribution >= 4 is 5.91 Å². The van der Waals surface area contributed by atoms with E-state index in [4.69, 9.17) is 10.5 Å². The minimum Gasteiger partial charge on any atom is -0.385 e. The van der Waals surface area contributed by atoms with Crippen LogP contribution in [0.4, 0.5) is 0 Å². The van der Waals surface area contributed by atoms with Gasteiger partial charge < -0.3 is 15.8 Å². The Morgan fingerprint density at radius 3 is 2.56 bits per heavy atom. The molecule has 0 radical (unpaired) electrons. The van der Waals surface area contributed by atoms with E-state index in [1.165, 1.54) is 6.42 Å². The van der Waals surface area contributed by atoms with Crippen molar-refractivity contribution < 1.29 is 9.53 Å². The predicted octanol–water partition coefficient (Wildman–Crippen LogP) is 2.07. The van der Waals surface area contributed by atoms with Gasteiger partial charge in [-0.05, 0) is 38.6 Å². The maximum Gasteiger partial charge on any atom is 0.220 e. The first-order chi connectivity index (χ1) is 8.63. The van der Waals surface area contributed by atoms with Gasteiger partial charge in [0, 0.05) is 26.2 Å². The summed E-state index contributed by atoms with van der Waals surface area (Å²) in [4.78, 5) is 11.7. The Balaban J connectivity index is 3.78. The van der Waals surface area contributed by atoms with E-state index in [1.807, 2.05) is 6.92 Å². The molecule has 18 heavy (non-hydrogen) atoms. The average Bonchev–Trinajstić information content (AvgIpc) is 2.34. The van der Waals surface area contributed by atoms with Crippen LogP contribution in [0.25, 0.3) is 0 Å². The smallest absolute Gasteiger partial charge is 0.220 e. The topological polar surface area (TPSA) is 64.4 Å². The zero-order chi connectivity index (χ0) is 13.8. The summed E-state index contributed by atoms with van der Waals surface area (Å²) in [5.41, 5.74) is 5.59. The van der Waals surface area contributed by atoms with E-state index in [1.54, 1.807) is 7.11 Å². The van der Waals surface area contributed by atoms with Gasteiger partial charge in [-0.15, -0.1) is 0 Å². The fraction of sp³-hybridized carbons (Fsp3) is 0.929. The maximum absolute atomic E-state index is 11.7. The van der Waals surface area contributed by atoms with Crippen LogP contribution in [0.15, 0.2) is 0 Å². The molecule has 0 aliphatic heterocycles. The highest BCUT2D eigenvalue weighted by atomic mass is 16.5. The summed E-state index contributed by atoms with van der Waals surface area (Å²) in [6.45, 7) is 5.60. The van der Waals surface area contributed by atoms with Gasteiger partial charge in [0.25, 0.3) is 0 Å². The molecule has 0 bridgehead atoms. The molecular formula is C14H30N2O2. The van der Waals surface area contributed by atoms with E-state index in [2.05, 4.69) is 12.2 Å². The normalized spacial score (nSPS) is 14.2. The van der Waals surface area contributed by atoms with Crippen LogP contribution < -0.4 is 11.1 Å². The molecule has 4 nitrogen and oxygen atoms in total. The van der Waals surface area contributed by atoms with Crippen molar-refractivity contribution in [3.8, 4) is 0 Å². The third-order valence-electron chi connectivity index (χ3n) is 3.21. The van der Waals surface area contributed by atoms with Crippen molar-refractivity contribution in [3.05, 3.63) is 0 Å². The number of nitrogens with one attached hydrogen (secondary N) is 1. The third kappa shape index (κ3) is 9.42. The van der Waals surface area contributed by atoms with Crippen molar-refractivity contribution in [2.45, 2.75) is 58.4 Å². The molecule has 0 rings (SSSR count). The van der Waals surface area contributed by atoms with E-state index < -0.39 is 0 Å². The number of hydrogen-bond acceptors (Lipinski definition) is 3. The number of carbonyl (C=O) groups is 1. The lowest BCUT2D eigenvalue weighted by Gasteiger charge is -2.17. The van der Waals surface area contributed by atoms with Crippen LogP contribution in [0.2, 0.25) is 0 Å². The SMILES string of the molecule is CCCC(CCN)CCC(=O)NC(C)CCOC. The van der Waals surface area contributed by atoms with E-state index in [-0.39, 0.29) is 11.9 Å². The Hall–Kier alpha value is -0.610. The molecule has 4 heteroatoms. The third-order valence-corrected chi connectivity index (χ3v) is 3.21. The molecule has 0 aromatic carbocycles. The van der Waals surface area contributed by atoms with Gasteiger partial charge in [0.1, 0.15) is 0 Å². The number of methoxy groups -OCH3 is 1. The lowest BCUT2D eigenvalue weighted by atomic mass is 9.94. The molecule has 0 aromatic rings. The summed E-state index contributed by atoms with van der Waals surface area (Å²) in [6.07, 6.45) is 5.79. The van der Waals surface area contributed by atoms with E-state index in [0.29, 0.717) is 18.9 Å². The Morgan fingerprint density at radius 2 is 2.00 bits per heavy atom. The number of nitrogens with two attached hydrogens (primary N) is 1. The molecule has 0 saturated carbocycles. The number of ether oxygens (including phenoxy) is 1. The molecule has 2 unspecified atom stereocenters. The van der Waals surface area contributed by atoms with Gasteiger partial charge in [-0.3, -0.25) is 4.79 Å². The molecule has 0 aliphatic rings. The monoisotopic (exact) mass is 258 g/mol. The van der Waals surface area contributed by atoms with Crippen molar-refractivity contribution in [2.75, 3.05) is 20.3 Å². The van der Waals surface area contributed by atoms with Crippen LogP contribution in [-0.2, 0) is 9.53 Å². The van der Waals surface area contributed by atoms with Gasteiger partial charge in [-0.1, -0.05) is 19.8 Å². The van der Waals surface area contributed by atoms with Crippen LogP contribution in [0.5, 0.6) is 0 Å². The zero-order valence-electron chi connectivity index (χ0n) is 12.2. The molecule has 0 fully saturated rings. The Labute approximate surface area is 112 Å². The second-order valence-electron chi connectivity index (χ2n) is 5.02. The number of rotatable bonds is 11. The van der Waals surface area contributed by atoms with Gasteiger partial charge in [-0.25, -0.2) is 0 Å². The molecule has 0 saturated heterocycles. The van der Waals surface area contributed by atoms with Crippen molar-refractivity contribution in [3.63, 3.8) is 0 Å². The quantitative estimate of drug-likeness (QED) is 0.596. The first-order valence-electron chi connectivity index (χ1n) is 7.12. The summed E-state index contributed by atoms with van der Waals surface area (Å²) < 4.78 is 4.99. The second kappa shape index (κ2) is 11.5.